The molecule has 1 rings (SSSR count). The Morgan fingerprint density at radius 3 is 2.50 bits per heavy atom. The van der Waals surface area contributed by atoms with E-state index in [2.05, 4.69) is 50.8 Å². The number of hydrogen-bond acceptors (Lipinski definition) is 1. The molecule has 0 saturated carbocycles. The van der Waals surface area contributed by atoms with E-state index in [1.165, 1.54) is 12.0 Å². The first kappa shape index (κ1) is 15.0. The Labute approximate surface area is 112 Å². The van der Waals surface area contributed by atoms with Crippen molar-refractivity contribution < 1.29 is 0 Å². The topological polar surface area (TPSA) is 26.0 Å². The van der Waals surface area contributed by atoms with Crippen LogP contribution in [0.3, 0.4) is 0 Å². The molecular weight excluding hydrogens is 218 g/mol. The molecule has 2 N–H and O–H groups in total. The van der Waals surface area contributed by atoms with Crippen molar-refractivity contribution in [3.05, 3.63) is 48.6 Å². The van der Waals surface area contributed by atoms with Gasteiger partial charge in [-0.2, -0.15) is 0 Å². The number of rotatable bonds is 8. The number of hydrogen-bond donors (Lipinski definition) is 1. The maximum atomic E-state index is 6.43. The molecule has 1 aromatic rings. The predicted octanol–water partition coefficient (Wildman–Crippen LogP) is 4.50. The lowest BCUT2D eigenvalue weighted by Crippen LogP contribution is -2.32. The van der Waals surface area contributed by atoms with Crippen molar-refractivity contribution in [3.8, 4) is 0 Å². The van der Waals surface area contributed by atoms with Crippen molar-refractivity contribution in [3.63, 3.8) is 0 Å². The molecule has 3 unspecified atom stereocenters. The van der Waals surface area contributed by atoms with Crippen molar-refractivity contribution in [2.45, 2.75) is 51.5 Å². The van der Waals surface area contributed by atoms with Crippen molar-refractivity contribution in [1.82, 2.24) is 0 Å². The molecule has 0 heterocycles. The van der Waals surface area contributed by atoms with Crippen LogP contribution >= 0.6 is 0 Å². The van der Waals surface area contributed by atoms with E-state index in [9.17, 15) is 0 Å². The SMILES string of the molecule is C=CCCCC(N)C(c1ccccc1)C(C)CC. The largest absolute Gasteiger partial charge is 0.327 e. The summed E-state index contributed by atoms with van der Waals surface area (Å²) in [4.78, 5) is 0. The Morgan fingerprint density at radius 2 is 1.94 bits per heavy atom. The lowest BCUT2D eigenvalue weighted by atomic mass is 9.79. The van der Waals surface area contributed by atoms with Crippen molar-refractivity contribution in [1.29, 1.82) is 0 Å². The normalized spacial score (nSPS) is 15.9. The highest BCUT2D eigenvalue weighted by Crippen LogP contribution is 2.31. The quantitative estimate of drug-likeness (QED) is 0.529. The molecule has 3 atom stereocenters. The van der Waals surface area contributed by atoms with Gasteiger partial charge in [0.2, 0.25) is 0 Å². The van der Waals surface area contributed by atoms with Gasteiger partial charge in [0.15, 0.2) is 0 Å². The van der Waals surface area contributed by atoms with Gasteiger partial charge in [-0.3, -0.25) is 0 Å². The van der Waals surface area contributed by atoms with Crippen LogP contribution < -0.4 is 5.73 Å². The second-order valence-electron chi connectivity index (χ2n) is 5.21. The maximum Gasteiger partial charge on any atom is 0.0110 e. The second kappa shape index (κ2) is 8.10. The van der Waals surface area contributed by atoms with Gasteiger partial charge in [0.1, 0.15) is 0 Å². The Morgan fingerprint density at radius 1 is 1.28 bits per heavy atom. The van der Waals surface area contributed by atoms with E-state index >= 15 is 0 Å². The van der Waals surface area contributed by atoms with Gasteiger partial charge < -0.3 is 5.73 Å². The molecule has 0 aromatic heterocycles. The summed E-state index contributed by atoms with van der Waals surface area (Å²) < 4.78 is 0. The van der Waals surface area contributed by atoms with Crippen LogP contribution in [0.5, 0.6) is 0 Å². The summed E-state index contributed by atoms with van der Waals surface area (Å²) in [5.74, 6) is 1.10. The third-order valence-corrected chi connectivity index (χ3v) is 3.85. The van der Waals surface area contributed by atoms with Crippen LogP contribution in [0.2, 0.25) is 0 Å². The van der Waals surface area contributed by atoms with Gasteiger partial charge in [0, 0.05) is 12.0 Å². The molecule has 0 aliphatic rings. The van der Waals surface area contributed by atoms with Crippen LogP contribution in [0.15, 0.2) is 43.0 Å². The highest BCUT2D eigenvalue weighted by Gasteiger charge is 2.24. The smallest absolute Gasteiger partial charge is 0.0110 e. The third kappa shape index (κ3) is 4.30. The molecule has 1 nitrogen and oxygen atoms in total. The minimum atomic E-state index is 0.252. The molecule has 100 valence electrons. The minimum Gasteiger partial charge on any atom is -0.327 e. The summed E-state index contributed by atoms with van der Waals surface area (Å²) in [6.07, 6.45) is 6.44. The molecular formula is C17H27N. The lowest BCUT2D eigenvalue weighted by Gasteiger charge is -2.29. The van der Waals surface area contributed by atoms with Gasteiger partial charge in [-0.25, -0.2) is 0 Å². The zero-order valence-electron chi connectivity index (χ0n) is 11.8. The van der Waals surface area contributed by atoms with E-state index in [0.717, 1.165) is 19.3 Å². The van der Waals surface area contributed by atoms with Gasteiger partial charge in [-0.05, 0) is 30.7 Å². The molecule has 0 bridgehead atoms. The molecule has 1 heteroatoms. The van der Waals surface area contributed by atoms with Crippen molar-refractivity contribution in [2.24, 2.45) is 11.7 Å². The fourth-order valence-corrected chi connectivity index (χ4v) is 2.60. The first-order valence-corrected chi connectivity index (χ1v) is 7.12. The monoisotopic (exact) mass is 245 g/mol. The van der Waals surface area contributed by atoms with E-state index in [1.54, 1.807) is 0 Å². The van der Waals surface area contributed by atoms with Gasteiger partial charge in [0.05, 0.1) is 0 Å². The summed E-state index contributed by atoms with van der Waals surface area (Å²) >= 11 is 0. The number of nitrogens with two attached hydrogens (primary N) is 1. The van der Waals surface area contributed by atoms with Crippen LogP contribution in [0.4, 0.5) is 0 Å². The third-order valence-electron chi connectivity index (χ3n) is 3.85. The summed E-state index contributed by atoms with van der Waals surface area (Å²) in [5.41, 5.74) is 7.82. The van der Waals surface area contributed by atoms with Gasteiger partial charge in [-0.1, -0.05) is 56.7 Å². The van der Waals surface area contributed by atoms with Gasteiger partial charge >= 0.3 is 0 Å². The summed E-state index contributed by atoms with van der Waals surface area (Å²) in [6, 6.07) is 11.0. The van der Waals surface area contributed by atoms with Crippen LogP contribution in [0, 0.1) is 5.92 Å². The van der Waals surface area contributed by atoms with E-state index < -0.39 is 0 Å². The first-order chi connectivity index (χ1) is 8.70. The highest BCUT2D eigenvalue weighted by atomic mass is 14.7. The Bertz CT molecular complexity index is 331. The van der Waals surface area contributed by atoms with Crippen molar-refractivity contribution in [2.75, 3.05) is 0 Å². The Hall–Kier alpha value is -1.08. The van der Waals surface area contributed by atoms with Gasteiger partial charge in [-0.15, -0.1) is 6.58 Å². The molecule has 0 aliphatic heterocycles. The van der Waals surface area contributed by atoms with Gasteiger partial charge in [0.25, 0.3) is 0 Å². The predicted molar refractivity (Wildman–Crippen MR) is 80.7 cm³/mol. The fraction of sp³-hybridized carbons (Fsp3) is 0.529. The van der Waals surface area contributed by atoms with Crippen LogP contribution in [0.25, 0.3) is 0 Å². The Kier molecular flexibility index (Phi) is 6.74. The molecule has 0 aliphatic carbocycles. The average Bonchev–Trinajstić information content (AvgIpc) is 2.40. The number of allylic oxidation sites excluding steroid dienone is 1. The molecule has 1 aromatic carbocycles. The van der Waals surface area contributed by atoms with E-state index in [1.807, 2.05) is 6.08 Å². The van der Waals surface area contributed by atoms with E-state index in [-0.39, 0.29) is 6.04 Å². The average molecular weight is 245 g/mol. The molecule has 0 saturated heterocycles. The molecule has 0 fully saturated rings. The van der Waals surface area contributed by atoms with Crippen LogP contribution in [-0.4, -0.2) is 6.04 Å². The summed E-state index contributed by atoms with van der Waals surface area (Å²) in [7, 11) is 0. The fourth-order valence-electron chi connectivity index (χ4n) is 2.60. The zero-order valence-corrected chi connectivity index (χ0v) is 11.8. The van der Waals surface area contributed by atoms with E-state index in [4.69, 9.17) is 5.73 Å². The van der Waals surface area contributed by atoms with Crippen LogP contribution in [0.1, 0.15) is 51.0 Å². The molecule has 0 radical (unpaired) electrons. The van der Waals surface area contributed by atoms with Crippen LogP contribution in [-0.2, 0) is 0 Å². The minimum absolute atomic E-state index is 0.252. The lowest BCUT2D eigenvalue weighted by molar-refractivity contribution is 0.364. The highest BCUT2D eigenvalue weighted by molar-refractivity contribution is 5.22. The molecule has 18 heavy (non-hydrogen) atoms. The summed E-state index contributed by atoms with van der Waals surface area (Å²) in [6.45, 7) is 8.33. The standard InChI is InChI=1S/C17H27N/c1-4-6-8-13-16(18)17(14(3)5-2)15-11-9-7-10-12-15/h4,7,9-12,14,16-17H,1,5-6,8,13,18H2,2-3H3. The maximum absolute atomic E-state index is 6.43. The number of benzene rings is 1. The zero-order chi connectivity index (χ0) is 13.4. The second-order valence-corrected chi connectivity index (χ2v) is 5.21. The van der Waals surface area contributed by atoms with E-state index in [0.29, 0.717) is 11.8 Å². The Balaban J connectivity index is 2.75. The molecule has 0 spiro atoms. The number of unbranched alkanes of at least 4 members (excludes halogenated alkanes) is 1. The summed E-state index contributed by atoms with van der Waals surface area (Å²) in [5, 5.41) is 0. The first-order valence-electron chi connectivity index (χ1n) is 7.12. The molecule has 0 amide bonds. The van der Waals surface area contributed by atoms with Crippen molar-refractivity contribution >= 4 is 0 Å².